The van der Waals surface area contributed by atoms with Crippen LogP contribution in [-0.2, 0) is 29.0 Å². The first-order valence-corrected chi connectivity index (χ1v) is 9.24. The van der Waals surface area contributed by atoms with Gasteiger partial charge in [-0.05, 0) is 60.2 Å². The summed E-state index contributed by atoms with van der Waals surface area (Å²) in [6.07, 6.45) is 0.723. The fourth-order valence-corrected chi connectivity index (χ4v) is 3.90. The molecular formula is C21H26N4O3. The number of aromatic hydroxyl groups is 1. The molecule has 0 unspecified atom stereocenters. The molecule has 6 N–H and O–H groups in total. The lowest BCUT2D eigenvalue weighted by molar-refractivity contribution is -0.142. The zero-order chi connectivity index (χ0) is 20.4. The van der Waals surface area contributed by atoms with Crippen molar-refractivity contribution in [3.63, 3.8) is 0 Å². The third-order valence-electron chi connectivity index (χ3n) is 5.40. The van der Waals surface area contributed by atoms with Crippen LogP contribution in [0.3, 0.4) is 0 Å². The van der Waals surface area contributed by atoms with Crippen molar-refractivity contribution in [1.29, 1.82) is 0 Å². The van der Waals surface area contributed by atoms with Crippen molar-refractivity contribution >= 4 is 11.8 Å². The third kappa shape index (κ3) is 3.85. The Hall–Kier alpha value is -2.90. The van der Waals surface area contributed by atoms with E-state index in [0.717, 1.165) is 27.8 Å². The van der Waals surface area contributed by atoms with Crippen LogP contribution in [0.4, 0.5) is 0 Å². The van der Waals surface area contributed by atoms with Gasteiger partial charge in [0.15, 0.2) is 0 Å². The van der Waals surface area contributed by atoms with Crippen molar-refractivity contribution in [3.8, 4) is 5.75 Å². The summed E-state index contributed by atoms with van der Waals surface area (Å²) in [4.78, 5) is 27.0. The van der Waals surface area contributed by atoms with E-state index in [9.17, 15) is 14.7 Å². The first-order chi connectivity index (χ1) is 13.3. The van der Waals surface area contributed by atoms with Gasteiger partial charge in [0, 0.05) is 13.0 Å². The number of carbonyl (C=O) groups excluding carboxylic acids is 2. The molecule has 0 aliphatic carbocycles. The molecule has 1 heterocycles. The van der Waals surface area contributed by atoms with Crippen molar-refractivity contribution in [2.24, 2.45) is 11.6 Å². The van der Waals surface area contributed by atoms with E-state index >= 15 is 0 Å². The normalized spacial score (nSPS) is 17.0. The van der Waals surface area contributed by atoms with E-state index in [1.54, 1.807) is 12.1 Å². The number of hydrogen-bond acceptors (Lipinski definition) is 5. The number of aryl methyl sites for hydroxylation is 2. The van der Waals surface area contributed by atoms with E-state index in [0.29, 0.717) is 19.4 Å². The van der Waals surface area contributed by atoms with Crippen LogP contribution in [0.1, 0.15) is 27.8 Å². The molecule has 0 radical (unpaired) electrons. The molecule has 0 bridgehead atoms. The quantitative estimate of drug-likeness (QED) is 0.354. The van der Waals surface area contributed by atoms with Crippen molar-refractivity contribution < 1.29 is 14.7 Å². The van der Waals surface area contributed by atoms with E-state index in [-0.39, 0.29) is 11.7 Å². The van der Waals surface area contributed by atoms with Crippen molar-refractivity contribution in [2.75, 3.05) is 0 Å². The van der Waals surface area contributed by atoms with E-state index < -0.39 is 18.0 Å². The first-order valence-electron chi connectivity index (χ1n) is 9.24. The molecule has 2 aromatic rings. The number of fused-ring (bicyclic) bond motifs is 1. The average Bonchev–Trinajstić information content (AvgIpc) is 2.68. The first kappa shape index (κ1) is 19.9. The Morgan fingerprint density at radius 1 is 1.21 bits per heavy atom. The predicted octanol–water partition coefficient (Wildman–Crippen LogP) is 0.822. The van der Waals surface area contributed by atoms with Gasteiger partial charge in [-0.2, -0.15) is 0 Å². The van der Waals surface area contributed by atoms with Crippen LogP contribution >= 0.6 is 0 Å². The maximum atomic E-state index is 13.2. The zero-order valence-electron chi connectivity index (χ0n) is 16.1. The van der Waals surface area contributed by atoms with Crippen molar-refractivity contribution in [1.82, 2.24) is 10.3 Å². The molecule has 0 spiro atoms. The van der Waals surface area contributed by atoms with E-state index in [4.69, 9.17) is 11.6 Å². The van der Waals surface area contributed by atoms with Gasteiger partial charge in [0.1, 0.15) is 11.8 Å². The number of hydrogen-bond donors (Lipinski definition) is 4. The number of phenolic OH excluding ortho intramolecular Hbond substituents is 1. The van der Waals surface area contributed by atoms with Gasteiger partial charge in [-0.1, -0.05) is 24.3 Å². The van der Waals surface area contributed by atoms with Gasteiger partial charge in [0.05, 0.1) is 6.04 Å². The highest BCUT2D eigenvalue weighted by Gasteiger charge is 2.36. The molecule has 3 rings (SSSR count). The molecule has 0 saturated carbocycles. The van der Waals surface area contributed by atoms with Gasteiger partial charge in [-0.15, -0.1) is 0 Å². The summed E-state index contributed by atoms with van der Waals surface area (Å²) in [6.45, 7) is 4.07. The number of nitrogens with zero attached hydrogens (tertiary/aromatic N) is 1. The number of amides is 2. The Morgan fingerprint density at radius 2 is 1.82 bits per heavy atom. The number of nitrogens with one attached hydrogen (secondary N) is 1. The minimum Gasteiger partial charge on any atom is -0.508 e. The fourth-order valence-electron chi connectivity index (χ4n) is 3.90. The SMILES string of the molecule is Cc1cc(O)cc(C)c1C[C@H](N)C(=O)N1Cc2ccccc2C[C@H]1C(=O)NN. The highest BCUT2D eigenvalue weighted by Crippen LogP contribution is 2.26. The maximum absolute atomic E-state index is 13.2. The third-order valence-corrected chi connectivity index (χ3v) is 5.40. The Labute approximate surface area is 164 Å². The lowest BCUT2D eigenvalue weighted by atomic mass is 9.91. The molecule has 2 atom stereocenters. The standard InChI is InChI=1S/C21H26N4O3/c1-12-7-16(26)8-13(2)17(12)10-18(22)21(28)25-11-15-6-4-3-5-14(15)9-19(25)20(27)24-23/h3-8,18-19,26H,9-11,22-23H2,1-2H3,(H,24,27)/t18-,19-/m0/s1. The Morgan fingerprint density at radius 3 is 2.43 bits per heavy atom. The van der Waals surface area contributed by atoms with Crippen molar-refractivity contribution in [2.45, 2.75) is 45.3 Å². The molecule has 2 amide bonds. The number of hydrazine groups is 1. The number of nitrogens with two attached hydrogens (primary N) is 2. The minimum absolute atomic E-state index is 0.186. The fraction of sp³-hybridized carbons (Fsp3) is 0.333. The summed E-state index contributed by atoms with van der Waals surface area (Å²) in [5, 5.41) is 9.72. The smallest absolute Gasteiger partial charge is 0.257 e. The maximum Gasteiger partial charge on any atom is 0.257 e. The number of rotatable bonds is 4. The van der Waals surface area contributed by atoms with Gasteiger partial charge in [0.2, 0.25) is 5.91 Å². The number of carbonyl (C=O) groups is 2. The molecule has 28 heavy (non-hydrogen) atoms. The van der Waals surface area contributed by atoms with Crippen molar-refractivity contribution in [3.05, 3.63) is 64.2 Å². The van der Waals surface area contributed by atoms with Crippen LogP contribution in [0.25, 0.3) is 0 Å². The molecule has 0 aromatic heterocycles. The summed E-state index contributed by atoms with van der Waals surface area (Å²) < 4.78 is 0. The number of benzene rings is 2. The molecule has 0 fully saturated rings. The van der Waals surface area contributed by atoms with Gasteiger partial charge in [-0.3, -0.25) is 15.0 Å². The van der Waals surface area contributed by atoms with E-state index in [2.05, 4.69) is 5.43 Å². The Balaban J connectivity index is 1.86. The van der Waals surface area contributed by atoms with Gasteiger partial charge in [0.25, 0.3) is 5.91 Å². The van der Waals surface area contributed by atoms with Gasteiger partial charge in [-0.25, -0.2) is 5.84 Å². The second-order valence-electron chi connectivity index (χ2n) is 7.33. The van der Waals surface area contributed by atoms with E-state index in [1.807, 2.05) is 38.1 Å². The van der Waals surface area contributed by atoms with Crippen LogP contribution in [0.2, 0.25) is 0 Å². The Bertz CT molecular complexity index is 889. The minimum atomic E-state index is -0.805. The molecule has 7 nitrogen and oxygen atoms in total. The second-order valence-corrected chi connectivity index (χ2v) is 7.33. The molecule has 7 heteroatoms. The van der Waals surface area contributed by atoms with Crippen LogP contribution < -0.4 is 17.0 Å². The molecule has 2 aromatic carbocycles. The van der Waals surface area contributed by atoms with Crippen LogP contribution in [0.15, 0.2) is 36.4 Å². The number of phenols is 1. The van der Waals surface area contributed by atoms with Gasteiger partial charge >= 0.3 is 0 Å². The Kier molecular flexibility index (Phi) is 5.67. The largest absolute Gasteiger partial charge is 0.508 e. The average molecular weight is 382 g/mol. The highest BCUT2D eigenvalue weighted by atomic mass is 16.3. The molecular weight excluding hydrogens is 356 g/mol. The second kappa shape index (κ2) is 8.00. The zero-order valence-corrected chi connectivity index (χ0v) is 16.1. The van der Waals surface area contributed by atoms with Crippen LogP contribution in [0, 0.1) is 13.8 Å². The summed E-state index contributed by atoms with van der Waals surface area (Å²) >= 11 is 0. The van der Waals surface area contributed by atoms with Crippen LogP contribution in [-0.4, -0.2) is 33.9 Å². The highest BCUT2D eigenvalue weighted by molar-refractivity contribution is 5.90. The van der Waals surface area contributed by atoms with Gasteiger partial charge < -0.3 is 15.7 Å². The van der Waals surface area contributed by atoms with E-state index in [1.165, 1.54) is 4.90 Å². The van der Waals surface area contributed by atoms with Crippen LogP contribution in [0.5, 0.6) is 5.75 Å². The monoisotopic (exact) mass is 382 g/mol. The summed E-state index contributed by atoms with van der Waals surface area (Å²) in [5.41, 5.74) is 13.1. The summed E-state index contributed by atoms with van der Waals surface area (Å²) in [7, 11) is 0. The molecule has 148 valence electrons. The topological polar surface area (TPSA) is 122 Å². The predicted molar refractivity (Wildman–Crippen MR) is 106 cm³/mol. The molecule has 1 aliphatic rings. The summed E-state index contributed by atoms with van der Waals surface area (Å²) in [6, 6.07) is 9.54. The lowest BCUT2D eigenvalue weighted by Crippen LogP contribution is -2.57. The molecule has 1 aliphatic heterocycles. The molecule has 0 saturated heterocycles. The lowest BCUT2D eigenvalue weighted by Gasteiger charge is -2.37. The summed E-state index contributed by atoms with van der Waals surface area (Å²) in [5.74, 6) is 4.83.